The average molecular weight is 493 g/mol. The van der Waals surface area contributed by atoms with E-state index in [4.69, 9.17) is 14.2 Å². The van der Waals surface area contributed by atoms with Crippen molar-refractivity contribution in [1.82, 2.24) is 15.1 Å². The lowest BCUT2D eigenvalue weighted by Crippen LogP contribution is -2.56. The van der Waals surface area contributed by atoms with Gasteiger partial charge in [-0.05, 0) is 18.8 Å². The Bertz CT molecular complexity index is 750. The highest BCUT2D eigenvalue weighted by atomic mass is 16.6. The minimum atomic E-state index is -1.14. The van der Waals surface area contributed by atoms with Crippen molar-refractivity contribution in [1.29, 1.82) is 5.26 Å². The van der Waals surface area contributed by atoms with Crippen molar-refractivity contribution in [3.8, 4) is 6.07 Å². The maximum Gasteiger partial charge on any atom is 0.409 e. The third-order valence-electron chi connectivity index (χ3n) is 7.27. The van der Waals surface area contributed by atoms with Gasteiger partial charge in [0.2, 0.25) is 0 Å². The fraction of sp³-hybridized carbons (Fsp3) is 0.840. The summed E-state index contributed by atoms with van der Waals surface area (Å²) >= 11 is 0. The van der Waals surface area contributed by atoms with Gasteiger partial charge in [-0.25, -0.2) is 9.59 Å². The Balaban J connectivity index is 1.57. The summed E-state index contributed by atoms with van der Waals surface area (Å²) in [5.41, 5.74) is -1.14. The van der Waals surface area contributed by atoms with Gasteiger partial charge in [-0.2, -0.15) is 5.26 Å². The second-order valence-corrected chi connectivity index (χ2v) is 9.85. The molecule has 1 N–H and O–H groups in total. The molecule has 0 aromatic carbocycles. The zero-order chi connectivity index (χ0) is 25.1. The molecule has 1 aliphatic carbocycles. The van der Waals surface area contributed by atoms with Crippen molar-refractivity contribution in [2.45, 2.75) is 82.8 Å². The molecule has 0 spiro atoms. The van der Waals surface area contributed by atoms with E-state index in [0.29, 0.717) is 58.3 Å². The number of nitriles is 1. The van der Waals surface area contributed by atoms with Gasteiger partial charge in [-0.3, -0.25) is 4.79 Å². The van der Waals surface area contributed by atoms with E-state index >= 15 is 0 Å². The van der Waals surface area contributed by atoms with E-state index in [2.05, 4.69) is 11.4 Å². The lowest BCUT2D eigenvalue weighted by atomic mass is 9.85. The molecule has 2 aliphatic heterocycles. The number of alkyl carbamates (subject to hydrolysis) is 1. The molecule has 35 heavy (non-hydrogen) atoms. The van der Waals surface area contributed by atoms with Gasteiger partial charge in [0.05, 0.1) is 25.9 Å². The number of nitrogens with one attached hydrogen (secondary N) is 1. The first-order valence-corrected chi connectivity index (χ1v) is 13.1. The van der Waals surface area contributed by atoms with E-state index in [1.807, 2.05) is 6.92 Å². The summed E-state index contributed by atoms with van der Waals surface area (Å²) in [5, 5.41) is 12.6. The molecule has 3 fully saturated rings. The molecule has 3 aliphatic rings. The number of hydrogen-bond donors (Lipinski definition) is 1. The molecule has 0 bridgehead atoms. The van der Waals surface area contributed by atoms with Gasteiger partial charge < -0.3 is 29.3 Å². The molecular formula is C25H40N4O6. The van der Waals surface area contributed by atoms with E-state index in [1.54, 1.807) is 9.80 Å². The van der Waals surface area contributed by atoms with Gasteiger partial charge in [0.1, 0.15) is 5.54 Å². The normalized spacial score (nSPS) is 21.5. The lowest BCUT2D eigenvalue weighted by Gasteiger charge is -2.37. The summed E-state index contributed by atoms with van der Waals surface area (Å²) in [6, 6.07) is 2.20. The van der Waals surface area contributed by atoms with Crippen LogP contribution in [0.2, 0.25) is 0 Å². The molecule has 196 valence electrons. The predicted molar refractivity (Wildman–Crippen MR) is 127 cm³/mol. The number of carbonyl (C=O) groups excluding carboxylic acids is 3. The van der Waals surface area contributed by atoms with Crippen molar-refractivity contribution in [2.24, 2.45) is 5.92 Å². The van der Waals surface area contributed by atoms with Crippen LogP contribution in [0, 0.1) is 17.2 Å². The minimum Gasteiger partial charge on any atom is -0.449 e. The highest BCUT2D eigenvalue weighted by Gasteiger charge is 2.40. The van der Waals surface area contributed by atoms with E-state index in [0.717, 1.165) is 38.5 Å². The van der Waals surface area contributed by atoms with Crippen LogP contribution < -0.4 is 5.32 Å². The Morgan fingerprint density at radius 3 is 2.40 bits per heavy atom. The van der Waals surface area contributed by atoms with Crippen LogP contribution in [-0.4, -0.2) is 85.5 Å². The summed E-state index contributed by atoms with van der Waals surface area (Å²) < 4.78 is 16.3. The quantitative estimate of drug-likeness (QED) is 0.516. The number of morpholine rings is 1. The van der Waals surface area contributed by atoms with Crippen LogP contribution in [0.4, 0.5) is 9.59 Å². The maximum absolute atomic E-state index is 13.2. The summed E-state index contributed by atoms with van der Waals surface area (Å²) in [7, 11) is 0. The van der Waals surface area contributed by atoms with E-state index in [9.17, 15) is 19.6 Å². The first kappa shape index (κ1) is 27.1. The highest BCUT2D eigenvalue weighted by Crippen LogP contribution is 2.29. The molecule has 2 heterocycles. The highest BCUT2D eigenvalue weighted by molar-refractivity contribution is 5.84. The zero-order valence-corrected chi connectivity index (χ0v) is 21.0. The number of unbranched alkanes of at least 4 members (excludes halogenated alkanes) is 1. The molecule has 0 radical (unpaired) electrons. The van der Waals surface area contributed by atoms with Crippen LogP contribution in [0.3, 0.4) is 0 Å². The molecule has 0 aromatic rings. The third kappa shape index (κ3) is 7.99. The second-order valence-electron chi connectivity index (χ2n) is 9.85. The fourth-order valence-corrected chi connectivity index (χ4v) is 5.00. The molecule has 3 rings (SSSR count). The Kier molecular flexibility index (Phi) is 10.5. The Labute approximate surface area is 208 Å². The number of piperidine rings is 1. The second kappa shape index (κ2) is 13.5. The summed E-state index contributed by atoms with van der Waals surface area (Å²) in [6.45, 7) is 4.92. The van der Waals surface area contributed by atoms with Gasteiger partial charge in [-0.15, -0.1) is 0 Å². The SMILES string of the molecule is CCCCOC(=O)N1CCC(C#N)(NC(=O)OC(CC2CCCCC2)C(=O)N2CCOCC2)CC1. The van der Waals surface area contributed by atoms with Crippen LogP contribution in [0.25, 0.3) is 0 Å². The number of likely N-dealkylation sites (tertiary alicyclic amines) is 1. The first-order chi connectivity index (χ1) is 17.0. The number of ether oxygens (including phenoxy) is 3. The van der Waals surface area contributed by atoms with Crippen LogP contribution >= 0.6 is 0 Å². The van der Waals surface area contributed by atoms with Crippen molar-refractivity contribution in [3.63, 3.8) is 0 Å². The molecule has 1 atom stereocenters. The van der Waals surface area contributed by atoms with Crippen LogP contribution in [-0.2, 0) is 19.0 Å². The summed E-state index contributed by atoms with van der Waals surface area (Å²) in [5.74, 6) is 0.156. The zero-order valence-electron chi connectivity index (χ0n) is 21.0. The average Bonchev–Trinajstić information content (AvgIpc) is 2.89. The molecule has 0 aromatic heterocycles. The predicted octanol–water partition coefficient (Wildman–Crippen LogP) is 3.21. The van der Waals surface area contributed by atoms with E-state index in [-0.39, 0.29) is 18.7 Å². The number of hydrogen-bond acceptors (Lipinski definition) is 7. The summed E-state index contributed by atoms with van der Waals surface area (Å²) in [6.07, 6.45) is 6.28. The molecule has 10 nitrogen and oxygen atoms in total. The van der Waals surface area contributed by atoms with Crippen LogP contribution in [0.1, 0.15) is 71.1 Å². The largest absolute Gasteiger partial charge is 0.449 e. The molecule has 3 amide bonds. The number of rotatable bonds is 8. The summed E-state index contributed by atoms with van der Waals surface area (Å²) in [4.78, 5) is 41.6. The van der Waals surface area contributed by atoms with Crippen molar-refractivity contribution < 1.29 is 28.6 Å². The molecule has 10 heteroatoms. The monoisotopic (exact) mass is 492 g/mol. The molecule has 1 saturated carbocycles. The minimum absolute atomic E-state index is 0.190. The molecule has 1 unspecified atom stereocenters. The van der Waals surface area contributed by atoms with Crippen LogP contribution in [0.5, 0.6) is 0 Å². The van der Waals surface area contributed by atoms with Gasteiger partial charge in [0.15, 0.2) is 6.10 Å². The first-order valence-electron chi connectivity index (χ1n) is 13.1. The molecule has 2 saturated heterocycles. The number of amides is 3. The van der Waals surface area contributed by atoms with Crippen molar-refractivity contribution in [3.05, 3.63) is 0 Å². The fourth-order valence-electron chi connectivity index (χ4n) is 5.00. The van der Waals surface area contributed by atoms with Crippen molar-refractivity contribution in [2.75, 3.05) is 46.0 Å². The van der Waals surface area contributed by atoms with Gasteiger partial charge in [-0.1, -0.05) is 45.4 Å². The van der Waals surface area contributed by atoms with Crippen molar-refractivity contribution >= 4 is 18.1 Å². The van der Waals surface area contributed by atoms with E-state index < -0.39 is 23.8 Å². The van der Waals surface area contributed by atoms with Gasteiger partial charge in [0.25, 0.3) is 5.91 Å². The third-order valence-corrected chi connectivity index (χ3v) is 7.27. The van der Waals surface area contributed by atoms with Gasteiger partial charge >= 0.3 is 12.2 Å². The maximum atomic E-state index is 13.2. The lowest BCUT2D eigenvalue weighted by molar-refractivity contribution is -0.145. The smallest absolute Gasteiger partial charge is 0.409 e. The Morgan fingerprint density at radius 2 is 1.77 bits per heavy atom. The number of nitrogens with zero attached hydrogens (tertiary/aromatic N) is 3. The number of carbonyl (C=O) groups is 3. The Hall–Kier alpha value is -2.54. The standard InChI is InChI=1S/C25H40N4O6/c1-2-3-15-34-24(32)29-11-9-25(19-26,10-12-29)27-23(31)35-21(18-20-7-5-4-6-8-20)22(30)28-13-16-33-17-14-28/h20-21H,2-18H2,1H3,(H,27,31). The van der Waals surface area contributed by atoms with Crippen LogP contribution in [0.15, 0.2) is 0 Å². The Morgan fingerprint density at radius 1 is 1.09 bits per heavy atom. The topological polar surface area (TPSA) is 121 Å². The van der Waals surface area contributed by atoms with Gasteiger partial charge in [0, 0.05) is 39.0 Å². The van der Waals surface area contributed by atoms with E-state index in [1.165, 1.54) is 6.42 Å². The molecular weight excluding hydrogens is 452 g/mol.